The summed E-state index contributed by atoms with van der Waals surface area (Å²) in [6, 6.07) is 17.8. The van der Waals surface area contributed by atoms with Crippen molar-refractivity contribution in [3.63, 3.8) is 0 Å². The lowest BCUT2D eigenvalue weighted by atomic mass is 10.0. The van der Waals surface area contributed by atoms with Gasteiger partial charge in [-0.05, 0) is 24.3 Å². The quantitative estimate of drug-likeness (QED) is 0.389. The summed E-state index contributed by atoms with van der Waals surface area (Å²) in [6.07, 6.45) is -5.33. The molecule has 31 heavy (non-hydrogen) atoms. The van der Waals surface area contributed by atoms with Crippen LogP contribution in [0.25, 0.3) is 38.5 Å². The highest BCUT2D eigenvalue weighted by Crippen LogP contribution is 2.37. The van der Waals surface area contributed by atoms with Crippen molar-refractivity contribution in [3.8, 4) is 11.4 Å². The summed E-state index contributed by atoms with van der Waals surface area (Å²) in [7, 11) is 0. The molecule has 2 aromatic heterocycles. The van der Waals surface area contributed by atoms with E-state index >= 15 is 0 Å². The predicted molar refractivity (Wildman–Crippen MR) is 109 cm³/mol. The number of aromatic nitrogens is 1. The summed E-state index contributed by atoms with van der Waals surface area (Å²) in [5, 5.41) is 11.8. The molecule has 0 aliphatic rings. The summed E-state index contributed by atoms with van der Waals surface area (Å²) in [5.41, 5.74) is -1.33. The first-order chi connectivity index (χ1) is 14.8. The Hall–Kier alpha value is -4.07. The Balaban J connectivity index is 2.00. The van der Waals surface area contributed by atoms with E-state index in [0.717, 1.165) is 4.57 Å². The Morgan fingerprint density at radius 1 is 0.871 bits per heavy atom. The molecule has 0 bridgehead atoms. The Morgan fingerprint density at radius 3 is 2.26 bits per heavy atom. The van der Waals surface area contributed by atoms with Crippen LogP contribution in [0.15, 0.2) is 75.9 Å². The van der Waals surface area contributed by atoms with Crippen LogP contribution >= 0.6 is 0 Å². The van der Waals surface area contributed by atoms with Gasteiger partial charge >= 0.3 is 6.18 Å². The monoisotopic (exact) mass is 423 g/mol. The number of furan rings is 1. The minimum atomic E-state index is -5.33. The zero-order valence-corrected chi connectivity index (χ0v) is 15.6. The molecule has 0 radical (unpaired) electrons. The number of benzene rings is 3. The molecule has 0 aliphatic heterocycles. The normalized spacial score (nSPS) is 12.1. The molecule has 5 aromatic rings. The summed E-state index contributed by atoms with van der Waals surface area (Å²) in [6.45, 7) is 0. The molecule has 0 atom stereocenters. The van der Waals surface area contributed by atoms with Gasteiger partial charge in [-0.1, -0.05) is 36.4 Å². The van der Waals surface area contributed by atoms with Crippen molar-refractivity contribution in [2.75, 3.05) is 0 Å². The van der Waals surface area contributed by atoms with E-state index in [-0.39, 0.29) is 16.6 Å². The zero-order valence-electron chi connectivity index (χ0n) is 15.6. The molecule has 5 rings (SSSR count). The lowest BCUT2D eigenvalue weighted by Gasteiger charge is -2.15. The number of fused-ring (bicyclic) bond motifs is 4. The summed E-state index contributed by atoms with van der Waals surface area (Å²) < 4.78 is 46.4. The molecule has 8 heteroatoms. The molecular formula is C23H12F3NO4. The zero-order chi connectivity index (χ0) is 21.9. The van der Waals surface area contributed by atoms with Crippen LogP contribution in [0.2, 0.25) is 0 Å². The van der Waals surface area contributed by atoms with Crippen molar-refractivity contribution in [1.29, 1.82) is 0 Å². The number of Topliss-reactive ketones (excluding diaryl/α,β-unsaturated/α-hetero) is 1. The van der Waals surface area contributed by atoms with Crippen molar-refractivity contribution < 1.29 is 27.5 Å². The molecule has 0 amide bonds. The largest absolute Gasteiger partial charge is 0.506 e. The van der Waals surface area contributed by atoms with Crippen molar-refractivity contribution in [2.24, 2.45) is 0 Å². The summed E-state index contributed by atoms with van der Waals surface area (Å²) in [4.78, 5) is 25.1. The molecular weight excluding hydrogens is 411 g/mol. The molecule has 0 aliphatic carbocycles. The molecule has 3 aromatic carbocycles. The SMILES string of the molecule is O=C(c1c(O)c2cc3c(cc2n(-c2ccccc2)c1=O)oc1ccccc13)C(F)(F)F. The van der Waals surface area contributed by atoms with Gasteiger partial charge in [0.05, 0.1) is 5.52 Å². The van der Waals surface area contributed by atoms with Crippen LogP contribution < -0.4 is 5.56 Å². The topological polar surface area (TPSA) is 72.4 Å². The molecule has 2 heterocycles. The van der Waals surface area contributed by atoms with E-state index in [2.05, 4.69) is 0 Å². The first kappa shape index (κ1) is 18.9. The maximum Gasteiger partial charge on any atom is 0.455 e. The van der Waals surface area contributed by atoms with Crippen LogP contribution in [0, 0.1) is 0 Å². The first-order valence-electron chi connectivity index (χ1n) is 9.17. The number of alkyl halides is 3. The number of carbonyl (C=O) groups is 1. The number of aromatic hydroxyl groups is 1. The van der Waals surface area contributed by atoms with E-state index in [4.69, 9.17) is 4.42 Å². The predicted octanol–water partition coefficient (Wildman–Crippen LogP) is 5.34. The minimum absolute atomic E-state index is 0.0740. The van der Waals surface area contributed by atoms with Gasteiger partial charge in [0, 0.05) is 27.9 Å². The highest BCUT2D eigenvalue weighted by atomic mass is 19.4. The standard InChI is InChI=1S/C23H12F3NO4/c24-23(25,26)21(29)19-20(28)15-10-14-13-8-4-5-9-17(13)31-18(14)11-16(15)27(22(19)30)12-6-2-1-3-7-12/h1-11,28H. The fourth-order valence-corrected chi connectivity index (χ4v) is 3.77. The number of ketones is 1. The average Bonchev–Trinajstić information content (AvgIpc) is 3.10. The van der Waals surface area contributed by atoms with E-state index in [0.29, 0.717) is 21.9 Å². The Labute approximate surface area is 171 Å². The highest BCUT2D eigenvalue weighted by molar-refractivity contribution is 6.13. The van der Waals surface area contributed by atoms with Crippen LogP contribution in [0.4, 0.5) is 13.2 Å². The number of nitrogens with zero attached hydrogens (tertiary/aromatic N) is 1. The maximum absolute atomic E-state index is 13.2. The van der Waals surface area contributed by atoms with Gasteiger partial charge in [0.1, 0.15) is 22.5 Å². The van der Waals surface area contributed by atoms with Gasteiger partial charge in [-0.2, -0.15) is 13.2 Å². The second-order valence-electron chi connectivity index (χ2n) is 6.99. The number of halogens is 3. The van der Waals surface area contributed by atoms with Crippen LogP contribution in [0.5, 0.6) is 5.75 Å². The third kappa shape index (κ3) is 2.79. The third-order valence-corrected chi connectivity index (χ3v) is 5.14. The first-order valence-corrected chi connectivity index (χ1v) is 9.17. The highest BCUT2D eigenvalue weighted by Gasteiger charge is 2.43. The van der Waals surface area contributed by atoms with Gasteiger partial charge in [-0.15, -0.1) is 0 Å². The van der Waals surface area contributed by atoms with Crippen LogP contribution in [-0.4, -0.2) is 21.6 Å². The number of hydrogen-bond donors (Lipinski definition) is 1. The number of carbonyl (C=O) groups excluding carboxylic acids is 1. The number of pyridine rings is 1. The summed E-state index contributed by atoms with van der Waals surface area (Å²) in [5.74, 6) is -3.42. The van der Waals surface area contributed by atoms with Crippen molar-refractivity contribution in [1.82, 2.24) is 4.57 Å². The number of para-hydroxylation sites is 2. The molecule has 5 nitrogen and oxygen atoms in total. The second-order valence-corrected chi connectivity index (χ2v) is 6.99. The fraction of sp³-hybridized carbons (Fsp3) is 0.0435. The van der Waals surface area contributed by atoms with Gasteiger partial charge < -0.3 is 9.52 Å². The Morgan fingerprint density at radius 2 is 1.55 bits per heavy atom. The van der Waals surface area contributed by atoms with E-state index < -0.39 is 28.8 Å². The van der Waals surface area contributed by atoms with Gasteiger partial charge in [0.15, 0.2) is 0 Å². The van der Waals surface area contributed by atoms with Crippen LogP contribution in [-0.2, 0) is 0 Å². The Kier molecular flexibility index (Phi) is 3.95. The second kappa shape index (κ2) is 6.46. The van der Waals surface area contributed by atoms with E-state index in [1.54, 1.807) is 42.5 Å². The van der Waals surface area contributed by atoms with Crippen molar-refractivity contribution in [2.45, 2.75) is 6.18 Å². The smallest absolute Gasteiger partial charge is 0.455 e. The third-order valence-electron chi connectivity index (χ3n) is 5.14. The molecule has 0 saturated carbocycles. The molecule has 0 spiro atoms. The number of hydrogen-bond acceptors (Lipinski definition) is 4. The van der Waals surface area contributed by atoms with Gasteiger partial charge in [-0.3, -0.25) is 14.2 Å². The van der Waals surface area contributed by atoms with Gasteiger partial charge in [0.2, 0.25) is 0 Å². The molecule has 0 unspecified atom stereocenters. The molecule has 0 fully saturated rings. The summed E-state index contributed by atoms with van der Waals surface area (Å²) >= 11 is 0. The lowest BCUT2D eigenvalue weighted by Crippen LogP contribution is -2.32. The number of rotatable bonds is 2. The van der Waals surface area contributed by atoms with Crippen molar-refractivity contribution in [3.05, 3.63) is 82.6 Å². The van der Waals surface area contributed by atoms with E-state index in [1.807, 2.05) is 0 Å². The van der Waals surface area contributed by atoms with Gasteiger partial charge in [-0.25, -0.2) is 0 Å². The fourth-order valence-electron chi connectivity index (χ4n) is 3.77. The van der Waals surface area contributed by atoms with Crippen LogP contribution in [0.1, 0.15) is 10.4 Å². The van der Waals surface area contributed by atoms with Gasteiger partial charge in [0.25, 0.3) is 11.3 Å². The van der Waals surface area contributed by atoms with E-state index in [9.17, 15) is 27.9 Å². The Bertz CT molecular complexity index is 1560. The van der Waals surface area contributed by atoms with Crippen molar-refractivity contribution >= 4 is 38.6 Å². The molecule has 1 N–H and O–H groups in total. The molecule has 0 saturated heterocycles. The van der Waals surface area contributed by atoms with E-state index in [1.165, 1.54) is 24.3 Å². The minimum Gasteiger partial charge on any atom is -0.506 e. The van der Waals surface area contributed by atoms with Crippen LogP contribution in [0.3, 0.4) is 0 Å². The lowest BCUT2D eigenvalue weighted by molar-refractivity contribution is -0.0887. The molecule has 154 valence electrons. The maximum atomic E-state index is 13.2. The average molecular weight is 423 g/mol.